The van der Waals surface area contributed by atoms with E-state index in [1.54, 1.807) is 0 Å². The molecule has 7 heteroatoms. The van der Waals surface area contributed by atoms with Crippen LogP contribution < -0.4 is 10.2 Å². The lowest BCUT2D eigenvalue weighted by Gasteiger charge is -2.50. The second kappa shape index (κ2) is 10.6. The van der Waals surface area contributed by atoms with Gasteiger partial charge in [0.25, 0.3) is 0 Å². The summed E-state index contributed by atoms with van der Waals surface area (Å²) in [5, 5.41) is 3.94. The maximum Gasteiger partial charge on any atom is 0.234 e. The Labute approximate surface area is 208 Å². The van der Waals surface area contributed by atoms with Crippen molar-refractivity contribution < 1.29 is 4.79 Å². The number of aromatic nitrogens is 1. The number of halogens is 1. The number of benzene rings is 1. The van der Waals surface area contributed by atoms with Gasteiger partial charge in [-0.15, -0.1) is 0 Å². The fourth-order valence-electron chi connectivity index (χ4n) is 5.52. The van der Waals surface area contributed by atoms with Crippen molar-refractivity contribution in [1.29, 1.82) is 0 Å². The van der Waals surface area contributed by atoms with Crippen molar-refractivity contribution in [2.75, 3.05) is 37.6 Å². The van der Waals surface area contributed by atoms with Crippen molar-refractivity contribution in [3.63, 3.8) is 0 Å². The van der Waals surface area contributed by atoms with Gasteiger partial charge in [-0.2, -0.15) is 0 Å². The number of rotatable bonds is 7. The summed E-state index contributed by atoms with van der Waals surface area (Å²) in [6.07, 6.45) is 7.40. The molecule has 0 spiro atoms. The Balaban J connectivity index is 1.27. The van der Waals surface area contributed by atoms with Crippen LogP contribution >= 0.6 is 11.6 Å². The minimum absolute atomic E-state index is 0.178. The average Bonchev–Trinajstić information content (AvgIpc) is 3.67. The summed E-state index contributed by atoms with van der Waals surface area (Å²) in [6.45, 7) is 6.77. The van der Waals surface area contributed by atoms with Crippen LogP contribution in [0.4, 0.5) is 5.82 Å². The molecule has 0 radical (unpaired) electrons. The Kier molecular flexibility index (Phi) is 7.37. The highest BCUT2D eigenvalue weighted by atomic mass is 35.5. The molecule has 2 atom stereocenters. The van der Waals surface area contributed by atoms with Crippen molar-refractivity contribution in [3.8, 4) is 0 Å². The van der Waals surface area contributed by atoms with Crippen LogP contribution in [-0.4, -0.2) is 77.6 Å². The first kappa shape index (κ1) is 23.6. The molecule has 1 aliphatic carbocycles. The summed E-state index contributed by atoms with van der Waals surface area (Å²) in [4.78, 5) is 24.7. The van der Waals surface area contributed by atoms with E-state index in [0.717, 1.165) is 69.1 Å². The molecule has 34 heavy (non-hydrogen) atoms. The third-order valence-corrected chi connectivity index (χ3v) is 7.85. The lowest BCUT2D eigenvalue weighted by Crippen LogP contribution is -2.63. The number of piperidine rings is 1. The van der Waals surface area contributed by atoms with Crippen LogP contribution in [0.2, 0.25) is 5.02 Å². The SMILES string of the molecule is C[C@H]1CN(C2CCN(c3ccccn3)CC2)[C@@H](Cc2ccc(Cl)cc2)CN1CC(=O)NC1CC1. The summed E-state index contributed by atoms with van der Waals surface area (Å²) >= 11 is 6.14. The van der Waals surface area contributed by atoms with Gasteiger partial charge in [-0.25, -0.2) is 4.98 Å². The lowest BCUT2D eigenvalue weighted by molar-refractivity contribution is -0.124. The van der Waals surface area contributed by atoms with E-state index in [9.17, 15) is 4.79 Å². The van der Waals surface area contributed by atoms with Crippen molar-refractivity contribution in [2.24, 2.45) is 0 Å². The molecule has 6 nitrogen and oxygen atoms in total. The van der Waals surface area contributed by atoms with E-state index in [1.165, 1.54) is 5.56 Å². The molecule has 1 saturated carbocycles. The highest BCUT2D eigenvalue weighted by Gasteiger charge is 2.38. The third kappa shape index (κ3) is 5.91. The number of anilines is 1. The van der Waals surface area contributed by atoms with Gasteiger partial charge in [-0.05, 0) is 68.9 Å². The van der Waals surface area contributed by atoms with Gasteiger partial charge in [0.15, 0.2) is 0 Å². The first-order chi connectivity index (χ1) is 16.5. The fraction of sp³-hybridized carbons (Fsp3) is 0.556. The molecule has 0 unspecified atom stereocenters. The van der Waals surface area contributed by atoms with Gasteiger partial charge in [0.2, 0.25) is 5.91 Å². The van der Waals surface area contributed by atoms with Crippen LogP contribution in [0.25, 0.3) is 0 Å². The zero-order valence-electron chi connectivity index (χ0n) is 20.1. The zero-order valence-corrected chi connectivity index (χ0v) is 20.8. The number of nitrogens with one attached hydrogen (secondary N) is 1. The third-order valence-electron chi connectivity index (χ3n) is 7.59. The Morgan fingerprint density at radius 1 is 1.06 bits per heavy atom. The number of amides is 1. The molecule has 5 rings (SSSR count). The second-order valence-corrected chi connectivity index (χ2v) is 10.6. The van der Waals surface area contributed by atoms with Crippen LogP contribution in [0.5, 0.6) is 0 Å². The van der Waals surface area contributed by atoms with Crippen LogP contribution in [0.1, 0.15) is 38.2 Å². The molecule has 182 valence electrons. The quantitative estimate of drug-likeness (QED) is 0.654. The molecule has 2 saturated heterocycles. The molecule has 1 amide bonds. The van der Waals surface area contributed by atoms with E-state index >= 15 is 0 Å². The molecule has 1 N–H and O–H groups in total. The maximum absolute atomic E-state index is 12.6. The van der Waals surface area contributed by atoms with Crippen LogP contribution in [-0.2, 0) is 11.2 Å². The van der Waals surface area contributed by atoms with Gasteiger partial charge in [-0.3, -0.25) is 14.6 Å². The van der Waals surface area contributed by atoms with Crippen LogP contribution in [0.3, 0.4) is 0 Å². The minimum Gasteiger partial charge on any atom is -0.357 e. The van der Waals surface area contributed by atoms with Gasteiger partial charge in [0, 0.05) is 61.6 Å². The number of carbonyl (C=O) groups is 1. The maximum atomic E-state index is 12.6. The van der Waals surface area contributed by atoms with E-state index in [-0.39, 0.29) is 5.91 Å². The van der Waals surface area contributed by atoms with Crippen LogP contribution in [0, 0.1) is 0 Å². The van der Waals surface area contributed by atoms with Crippen molar-refractivity contribution in [3.05, 3.63) is 59.2 Å². The number of piperazine rings is 1. The summed E-state index contributed by atoms with van der Waals surface area (Å²) in [7, 11) is 0. The standard InChI is InChI=1S/C27H36ClN5O/c1-20-17-33(24-11-14-31(15-12-24)26-4-2-3-13-29-26)25(16-21-5-7-22(28)8-6-21)18-32(20)19-27(34)30-23-9-10-23/h2-8,13,20,23-25H,9-12,14-19H2,1H3,(H,30,34)/t20-,25-/m0/s1. The number of hydrogen-bond acceptors (Lipinski definition) is 5. The molecular weight excluding hydrogens is 446 g/mol. The molecule has 2 aromatic rings. The van der Waals surface area contributed by atoms with Crippen molar-refractivity contribution in [2.45, 2.75) is 63.2 Å². The van der Waals surface area contributed by atoms with Crippen LogP contribution in [0.15, 0.2) is 48.7 Å². The normalized spacial score (nSPS) is 24.8. The smallest absolute Gasteiger partial charge is 0.234 e. The number of pyridine rings is 1. The number of carbonyl (C=O) groups excluding carboxylic acids is 1. The largest absolute Gasteiger partial charge is 0.357 e. The Morgan fingerprint density at radius 2 is 1.82 bits per heavy atom. The van der Waals surface area contributed by atoms with Gasteiger partial charge in [0.1, 0.15) is 5.82 Å². The van der Waals surface area contributed by atoms with E-state index in [4.69, 9.17) is 11.6 Å². The Hall–Kier alpha value is -2.15. The lowest BCUT2D eigenvalue weighted by atomic mass is 9.94. The van der Waals surface area contributed by atoms with Gasteiger partial charge >= 0.3 is 0 Å². The van der Waals surface area contributed by atoms with Gasteiger partial charge in [0.05, 0.1) is 6.54 Å². The minimum atomic E-state index is 0.178. The Morgan fingerprint density at radius 3 is 2.50 bits per heavy atom. The second-order valence-electron chi connectivity index (χ2n) is 10.2. The fourth-order valence-corrected chi connectivity index (χ4v) is 5.65. The molecule has 3 aliphatic rings. The molecule has 1 aromatic carbocycles. The molecule has 3 fully saturated rings. The molecule has 3 heterocycles. The summed E-state index contributed by atoms with van der Waals surface area (Å²) < 4.78 is 0. The van der Waals surface area contributed by atoms with Crippen molar-refractivity contribution >= 4 is 23.3 Å². The summed E-state index contributed by atoms with van der Waals surface area (Å²) in [5.41, 5.74) is 1.31. The highest BCUT2D eigenvalue weighted by molar-refractivity contribution is 6.30. The topological polar surface area (TPSA) is 51.7 Å². The molecular formula is C27H36ClN5O. The molecule has 0 bridgehead atoms. The first-order valence-electron chi connectivity index (χ1n) is 12.7. The predicted molar refractivity (Wildman–Crippen MR) is 137 cm³/mol. The average molecular weight is 482 g/mol. The monoisotopic (exact) mass is 481 g/mol. The molecule has 1 aromatic heterocycles. The first-order valence-corrected chi connectivity index (χ1v) is 13.1. The summed E-state index contributed by atoms with van der Waals surface area (Å²) in [5.74, 6) is 1.26. The number of hydrogen-bond donors (Lipinski definition) is 1. The predicted octanol–water partition coefficient (Wildman–Crippen LogP) is 3.60. The number of nitrogens with zero attached hydrogens (tertiary/aromatic N) is 4. The van der Waals surface area contributed by atoms with E-state index < -0.39 is 0 Å². The van der Waals surface area contributed by atoms with Crippen molar-refractivity contribution in [1.82, 2.24) is 20.1 Å². The van der Waals surface area contributed by atoms with E-state index in [2.05, 4.69) is 56.2 Å². The van der Waals surface area contributed by atoms with Gasteiger partial charge in [-0.1, -0.05) is 29.8 Å². The van der Waals surface area contributed by atoms with E-state index in [0.29, 0.717) is 30.7 Å². The van der Waals surface area contributed by atoms with E-state index in [1.807, 2.05) is 24.4 Å². The summed E-state index contributed by atoms with van der Waals surface area (Å²) in [6, 6.07) is 16.1. The highest BCUT2D eigenvalue weighted by Crippen LogP contribution is 2.28. The Bertz CT molecular complexity index is 943. The molecule has 2 aliphatic heterocycles. The zero-order chi connectivity index (χ0) is 23.5. The van der Waals surface area contributed by atoms with Gasteiger partial charge < -0.3 is 10.2 Å².